The second-order valence-electron chi connectivity index (χ2n) is 4.06. The molecule has 0 spiro atoms. The van der Waals surface area contributed by atoms with E-state index in [1.165, 1.54) is 0 Å². The molecule has 0 aromatic carbocycles. The van der Waals surface area contributed by atoms with E-state index in [2.05, 4.69) is 9.71 Å². The summed E-state index contributed by atoms with van der Waals surface area (Å²) in [7, 11) is -3.13. The third kappa shape index (κ3) is 4.87. The highest BCUT2D eigenvalue weighted by Crippen LogP contribution is 2.09. The lowest BCUT2D eigenvalue weighted by Crippen LogP contribution is -2.28. The van der Waals surface area contributed by atoms with Gasteiger partial charge in [-0.25, -0.2) is 18.1 Å². The van der Waals surface area contributed by atoms with Crippen LogP contribution in [0.25, 0.3) is 0 Å². The van der Waals surface area contributed by atoms with Crippen LogP contribution in [-0.2, 0) is 16.4 Å². The first-order chi connectivity index (χ1) is 7.94. The van der Waals surface area contributed by atoms with Gasteiger partial charge in [-0.1, -0.05) is 13.3 Å². The van der Waals surface area contributed by atoms with Crippen molar-refractivity contribution in [1.82, 2.24) is 9.71 Å². The highest BCUT2D eigenvalue weighted by atomic mass is 32.2. The minimum atomic E-state index is -3.13. The van der Waals surface area contributed by atoms with Gasteiger partial charge < -0.3 is 4.42 Å². The number of hydrogen-bond donors (Lipinski definition) is 1. The van der Waals surface area contributed by atoms with Crippen LogP contribution in [-0.4, -0.2) is 25.7 Å². The van der Waals surface area contributed by atoms with Crippen LogP contribution in [0.3, 0.4) is 0 Å². The Morgan fingerprint density at radius 3 is 2.59 bits per heavy atom. The summed E-state index contributed by atoms with van der Waals surface area (Å²) in [5, 5.41) is 0. The molecule has 0 aliphatic carbocycles. The van der Waals surface area contributed by atoms with E-state index in [1.54, 1.807) is 6.92 Å². The van der Waals surface area contributed by atoms with Crippen molar-refractivity contribution in [3.8, 4) is 0 Å². The van der Waals surface area contributed by atoms with E-state index in [-0.39, 0.29) is 5.75 Å². The van der Waals surface area contributed by atoms with Crippen molar-refractivity contribution in [2.24, 2.45) is 0 Å². The highest BCUT2D eigenvalue weighted by Gasteiger charge is 2.11. The molecule has 0 amide bonds. The van der Waals surface area contributed by atoms with Crippen molar-refractivity contribution in [3.63, 3.8) is 0 Å². The fourth-order valence-corrected chi connectivity index (χ4v) is 2.76. The Morgan fingerprint density at radius 2 is 2.06 bits per heavy atom. The second-order valence-corrected chi connectivity index (χ2v) is 5.98. The van der Waals surface area contributed by atoms with Crippen LogP contribution in [0.15, 0.2) is 4.42 Å². The molecule has 0 fully saturated rings. The molecular weight excluding hydrogens is 240 g/mol. The Labute approximate surface area is 103 Å². The molecule has 17 heavy (non-hydrogen) atoms. The number of aryl methyl sites for hydroxylation is 2. The van der Waals surface area contributed by atoms with Gasteiger partial charge in [0.2, 0.25) is 10.0 Å². The molecule has 1 aromatic rings. The maximum atomic E-state index is 11.5. The molecule has 0 radical (unpaired) electrons. The summed E-state index contributed by atoms with van der Waals surface area (Å²) in [4.78, 5) is 4.13. The number of unbranched alkanes of at least 4 members (excludes halogenated alkanes) is 1. The molecule has 1 N–H and O–H groups in total. The lowest BCUT2D eigenvalue weighted by molar-refractivity contribution is 0.471. The average molecular weight is 260 g/mol. The molecule has 0 atom stereocenters. The summed E-state index contributed by atoms with van der Waals surface area (Å²) < 4.78 is 31.0. The van der Waals surface area contributed by atoms with Crippen molar-refractivity contribution < 1.29 is 12.8 Å². The third-order valence-corrected chi connectivity index (χ3v) is 3.91. The molecule has 0 saturated carbocycles. The van der Waals surface area contributed by atoms with Gasteiger partial charge in [-0.15, -0.1) is 0 Å². The lowest BCUT2D eigenvalue weighted by Gasteiger charge is -2.04. The molecule has 0 unspecified atom stereocenters. The third-order valence-electron chi connectivity index (χ3n) is 2.44. The topological polar surface area (TPSA) is 72.2 Å². The molecule has 98 valence electrons. The first-order valence-electron chi connectivity index (χ1n) is 5.85. The number of aromatic nitrogens is 1. The summed E-state index contributed by atoms with van der Waals surface area (Å²) in [5.74, 6) is 1.56. The molecule has 0 saturated heterocycles. The summed E-state index contributed by atoms with van der Waals surface area (Å²) in [6.45, 7) is 5.97. The Hall–Kier alpha value is -0.880. The molecule has 0 aliphatic rings. The summed E-state index contributed by atoms with van der Waals surface area (Å²) in [6.07, 6.45) is 2.11. The Bertz CT molecular complexity index is 451. The second kappa shape index (κ2) is 6.16. The van der Waals surface area contributed by atoms with Gasteiger partial charge in [-0.05, 0) is 13.3 Å². The predicted octanol–water partition coefficient (Wildman–Crippen LogP) is 1.55. The monoisotopic (exact) mass is 260 g/mol. The first-order valence-corrected chi connectivity index (χ1v) is 7.50. The Kier molecular flexibility index (Phi) is 5.14. The largest absolute Gasteiger partial charge is 0.446 e. The van der Waals surface area contributed by atoms with Gasteiger partial charge >= 0.3 is 0 Å². The number of sulfonamides is 1. The summed E-state index contributed by atoms with van der Waals surface area (Å²) in [5.41, 5.74) is 0.829. The maximum absolute atomic E-state index is 11.5. The van der Waals surface area contributed by atoms with Gasteiger partial charge in [0, 0.05) is 19.9 Å². The van der Waals surface area contributed by atoms with E-state index in [4.69, 9.17) is 4.42 Å². The van der Waals surface area contributed by atoms with Crippen LogP contribution in [0.1, 0.15) is 37.1 Å². The fourth-order valence-electron chi connectivity index (χ4n) is 1.53. The summed E-state index contributed by atoms with van der Waals surface area (Å²) in [6, 6.07) is 0. The normalized spacial score (nSPS) is 11.9. The molecule has 0 aliphatic heterocycles. The molecule has 6 heteroatoms. The SMILES string of the molecule is CCCCS(=O)(=O)NCCc1oc(C)nc1C. The molecule has 0 bridgehead atoms. The first kappa shape index (κ1) is 14.2. The highest BCUT2D eigenvalue weighted by molar-refractivity contribution is 7.89. The number of nitrogens with zero attached hydrogens (tertiary/aromatic N) is 1. The van der Waals surface area contributed by atoms with Crippen molar-refractivity contribution >= 4 is 10.0 Å². The molecule has 1 aromatic heterocycles. The van der Waals surface area contributed by atoms with E-state index >= 15 is 0 Å². The van der Waals surface area contributed by atoms with Crippen molar-refractivity contribution in [1.29, 1.82) is 0 Å². The van der Waals surface area contributed by atoms with E-state index in [9.17, 15) is 8.42 Å². The summed E-state index contributed by atoms with van der Waals surface area (Å²) >= 11 is 0. The molecule has 1 rings (SSSR count). The van der Waals surface area contributed by atoms with Crippen LogP contribution in [0.2, 0.25) is 0 Å². The van der Waals surface area contributed by atoms with Gasteiger partial charge in [0.15, 0.2) is 5.89 Å². The van der Waals surface area contributed by atoms with Crippen LogP contribution in [0, 0.1) is 13.8 Å². The molecule has 1 heterocycles. The van der Waals surface area contributed by atoms with Crippen LogP contribution < -0.4 is 4.72 Å². The lowest BCUT2D eigenvalue weighted by atomic mass is 10.3. The van der Waals surface area contributed by atoms with Gasteiger partial charge in [-0.3, -0.25) is 0 Å². The van der Waals surface area contributed by atoms with Crippen LogP contribution in [0.4, 0.5) is 0 Å². The van der Waals surface area contributed by atoms with Crippen LogP contribution >= 0.6 is 0 Å². The van der Waals surface area contributed by atoms with Crippen molar-refractivity contribution in [2.75, 3.05) is 12.3 Å². The van der Waals surface area contributed by atoms with Gasteiger partial charge in [0.05, 0.1) is 11.4 Å². The van der Waals surface area contributed by atoms with Gasteiger partial charge in [0.1, 0.15) is 5.76 Å². The molecular formula is C11H20N2O3S. The zero-order valence-electron chi connectivity index (χ0n) is 10.6. The average Bonchev–Trinajstić information content (AvgIpc) is 2.55. The van der Waals surface area contributed by atoms with Gasteiger partial charge in [0.25, 0.3) is 0 Å². The smallest absolute Gasteiger partial charge is 0.211 e. The number of oxazole rings is 1. The molecule has 5 nitrogen and oxygen atoms in total. The minimum absolute atomic E-state index is 0.192. The maximum Gasteiger partial charge on any atom is 0.211 e. The zero-order valence-corrected chi connectivity index (χ0v) is 11.4. The number of rotatable bonds is 7. The Morgan fingerprint density at radius 1 is 1.35 bits per heavy atom. The zero-order chi connectivity index (χ0) is 12.9. The van der Waals surface area contributed by atoms with Gasteiger partial charge in [-0.2, -0.15) is 0 Å². The Balaban J connectivity index is 2.40. The predicted molar refractivity (Wildman–Crippen MR) is 66.4 cm³/mol. The fraction of sp³-hybridized carbons (Fsp3) is 0.727. The minimum Gasteiger partial charge on any atom is -0.446 e. The van der Waals surface area contributed by atoms with E-state index < -0.39 is 10.0 Å². The quantitative estimate of drug-likeness (QED) is 0.807. The number of hydrogen-bond acceptors (Lipinski definition) is 4. The van der Waals surface area contributed by atoms with E-state index in [0.717, 1.165) is 17.9 Å². The van der Waals surface area contributed by atoms with Crippen molar-refractivity contribution in [3.05, 3.63) is 17.3 Å². The van der Waals surface area contributed by atoms with Crippen molar-refractivity contribution in [2.45, 2.75) is 40.0 Å². The standard InChI is InChI=1S/C11H20N2O3S/c1-4-5-8-17(14,15)12-7-6-11-9(2)13-10(3)16-11/h12H,4-8H2,1-3H3. The van der Waals surface area contributed by atoms with E-state index in [1.807, 2.05) is 13.8 Å². The van der Waals surface area contributed by atoms with E-state index in [0.29, 0.717) is 25.3 Å². The van der Waals surface area contributed by atoms with Crippen LogP contribution in [0.5, 0.6) is 0 Å². The number of nitrogens with one attached hydrogen (secondary N) is 1.